The molecule has 0 spiro atoms. The summed E-state index contributed by atoms with van der Waals surface area (Å²) in [7, 11) is 0. The predicted molar refractivity (Wildman–Crippen MR) is 85.4 cm³/mol. The Labute approximate surface area is 128 Å². The maximum Gasteiger partial charge on any atom is 0.283 e. The van der Waals surface area contributed by atoms with E-state index in [2.05, 4.69) is 38.2 Å². The van der Waals surface area contributed by atoms with Gasteiger partial charge in [0.25, 0.3) is 5.56 Å². The molecule has 1 fully saturated rings. The summed E-state index contributed by atoms with van der Waals surface area (Å²) < 4.78 is 2.11. The van der Waals surface area contributed by atoms with Crippen LogP contribution in [0, 0.1) is 0 Å². The van der Waals surface area contributed by atoms with Gasteiger partial charge in [0.2, 0.25) is 0 Å². The van der Waals surface area contributed by atoms with Gasteiger partial charge >= 0.3 is 0 Å². The largest absolute Gasteiger partial charge is 0.368 e. The molecule has 0 saturated carbocycles. The molecule has 0 amide bonds. The van der Waals surface area contributed by atoms with E-state index in [0.717, 1.165) is 38.2 Å². The summed E-state index contributed by atoms with van der Waals surface area (Å²) in [5.41, 5.74) is 0.872. The third kappa shape index (κ3) is 3.41. The molecule has 1 saturated heterocycles. The molecule has 1 N–H and O–H groups in total. The van der Waals surface area contributed by atoms with Crippen molar-refractivity contribution in [3.8, 4) is 0 Å². The number of piperidine rings is 1. The Morgan fingerprint density at radius 3 is 3.00 bits per heavy atom. The van der Waals surface area contributed by atoms with Crippen molar-refractivity contribution in [2.45, 2.75) is 45.7 Å². The van der Waals surface area contributed by atoms with Crippen LogP contribution >= 0.6 is 15.9 Å². The summed E-state index contributed by atoms with van der Waals surface area (Å²) in [5.74, 6) is 0. The fourth-order valence-electron chi connectivity index (χ4n) is 2.61. The number of hydrogen-bond acceptors (Lipinski definition) is 4. The predicted octanol–water partition coefficient (Wildman–Crippen LogP) is 1.99. The van der Waals surface area contributed by atoms with Crippen LogP contribution in [0.15, 0.2) is 15.5 Å². The summed E-state index contributed by atoms with van der Waals surface area (Å²) in [6, 6.07) is 0.504. The van der Waals surface area contributed by atoms with Gasteiger partial charge in [-0.1, -0.05) is 6.92 Å². The number of rotatable bonds is 5. The van der Waals surface area contributed by atoms with Gasteiger partial charge in [0.05, 0.1) is 11.9 Å². The summed E-state index contributed by atoms with van der Waals surface area (Å²) >= 11 is 3.44. The Hall–Kier alpha value is -0.880. The van der Waals surface area contributed by atoms with Gasteiger partial charge in [-0.2, -0.15) is 5.10 Å². The molecule has 1 aliphatic heterocycles. The molecular formula is C14H23BrN4O. The molecule has 1 aromatic heterocycles. The van der Waals surface area contributed by atoms with Crippen molar-refractivity contribution in [3.05, 3.63) is 21.0 Å². The molecule has 0 bridgehead atoms. The Bertz CT molecular complexity index is 502. The van der Waals surface area contributed by atoms with E-state index < -0.39 is 0 Å². The molecule has 5 nitrogen and oxygen atoms in total. The molecule has 20 heavy (non-hydrogen) atoms. The second kappa shape index (κ2) is 7.22. The number of nitrogens with one attached hydrogen (secondary N) is 1. The highest BCUT2D eigenvalue weighted by Crippen LogP contribution is 2.25. The van der Waals surface area contributed by atoms with Crippen LogP contribution in [0.3, 0.4) is 0 Å². The van der Waals surface area contributed by atoms with E-state index >= 15 is 0 Å². The fourth-order valence-corrected chi connectivity index (χ4v) is 3.17. The van der Waals surface area contributed by atoms with Crippen molar-refractivity contribution in [2.75, 3.05) is 24.5 Å². The Balaban J connectivity index is 2.15. The molecule has 1 aromatic rings. The summed E-state index contributed by atoms with van der Waals surface area (Å²) in [6.07, 6.45) is 5.30. The average molecular weight is 343 g/mol. The lowest BCUT2D eigenvalue weighted by atomic mass is 10.1. The second-order valence-electron chi connectivity index (χ2n) is 5.20. The lowest BCUT2D eigenvalue weighted by Gasteiger charge is -2.35. The number of anilines is 1. The van der Waals surface area contributed by atoms with Crippen LogP contribution in [0.25, 0.3) is 0 Å². The molecule has 0 aliphatic carbocycles. The summed E-state index contributed by atoms with van der Waals surface area (Å²) in [4.78, 5) is 14.4. The zero-order valence-electron chi connectivity index (χ0n) is 12.2. The first kappa shape index (κ1) is 15.5. The Kier molecular flexibility index (Phi) is 5.60. The molecule has 6 heteroatoms. The highest BCUT2D eigenvalue weighted by atomic mass is 79.9. The van der Waals surface area contributed by atoms with Crippen LogP contribution < -0.4 is 15.8 Å². The molecule has 2 rings (SSSR count). The van der Waals surface area contributed by atoms with Crippen molar-refractivity contribution in [3.63, 3.8) is 0 Å². The molecule has 112 valence electrons. The fraction of sp³-hybridized carbons (Fsp3) is 0.714. The van der Waals surface area contributed by atoms with Crippen LogP contribution in [-0.2, 0) is 6.54 Å². The average Bonchev–Trinajstić information content (AvgIpc) is 2.48. The first-order chi connectivity index (χ1) is 9.67. The van der Waals surface area contributed by atoms with E-state index in [-0.39, 0.29) is 5.56 Å². The number of nitrogens with zero attached hydrogens (tertiary/aromatic N) is 3. The molecule has 1 unspecified atom stereocenters. The maximum absolute atomic E-state index is 12.1. The zero-order valence-corrected chi connectivity index (χ0v) is 13.8. The topological polar surface area (TPSA) is 50.2 Å². The molecule has 0 radical (unpaired) electrons. The molecular weight excluding hydrogens is 320 g/mol. The lowest BCUT2D eigenvalue weighted by molar-refractivity contribution is 0.422. The molecule has 1 atom stereocenters. The number of aryl methyl sites for hydroxylation is 1. The normalized spacial score (nSPS) is 19.4. The third-order valence-corrected chi connectivity index (χ3v) is 4.46. The summed E-state index contributed by atoms with van der Waals surface area (Å²) in [6.45, 7) is 7.67. The van der Waals surface area contributed by atoms with Crippen molar-refractivity contribution < 1.29 is 0 Å². The number of halogens is 1. The van der Waals surface area contributed by atoms with Gasteiger partial charge in [0.1, 0.15) is 4.47 Å². The maximum atomic E-state index is 12.1. The first-order valence-electron chi connectivity index (χ1n) is 7.41. The van der Waals surface area contributed by atoms with Crippen molar-refractivity contribution in [1.29, 1.82) is 0 Å². The first-order valence-corrected chi connectivity index (χ1v) is 8.20. The minimum Gasteiger partial charge on any atom is -0.368 e. The summed E-state index contributed by atoms with van der Waals surface area (Å²) in [5, 5.41) is 7.80. The van der Waals surface area contributed by atoms with Crippen LogP contribution in [0.4, 0.5) is 5.69 Å². The zero-order chi connectivity index (χ0) is 14.5. The smallest absolute Gasteiger partial charge is 0.283 e. The van der Waals surface area contributed by atoms with E-state index in [0.29, 0.717) is 17.1 Å². The molecule has 2 heterocycles. The highest BCUT2D eigenvalue weighted by molar-refractivity contribution is 9.10. The van der Waals surface area contributed by atoms with E-state index in [1.54, 1.807) is 6.20 Å². The van der Waals surface area contributed by atoms with Gasteiger partial charge < -0.3 is 10.2 Å². The monoisotopic (exact) mass is 342 g/mol. The van der Waals surface area contributed by atoms with E-state index in [1.165, 1.54) is 11.1 Å². The SMILES string of the molecule is CCCNC1CCCN(c2cnn(CC)c(=O)c2Br)C1. The van der Waals surface area contributed by atoms with Crippen molar-refractivity contribution >= 4 is 21.6 Å². The Morgan fingerprint density at radius 2 is 2.30 bits per heavy atom. The minimum absolute atomic E-state index is 0.0476. The van der Waals surface area contributed by atoms with Gasteiger partial charge in [-0.25, -0.2) is 4.68 Å². The van der Waals surface area contributed by atoms with Gasteiger partial charge in [-0.3, -0.25) is 4.79 Å². The molecule has 0 aromatic carbocycles. The number of aromatic nitrogens is 2. The lowest BCUT2D eigenvalue weighted by Crippen LogP contribution is -2.46. The standard InChI is InChI=1S/C14H23BrN4O/c1-3-7-16-11-6-5-8-18(10-11)12-9-17-19(4-2)14(20)13(12)15/h9,11,16H,3-8,10H2,1-2H3. The molecule has 1 aliphatic rings. The van der Waals surface area contributed by atoms with Gasteiger partial charge in [-0.15, -0.1) is 0 Å². The van der Waals surface area contributed by atoms with Crippen LogP contribution in [0.2, 0.25) is 0 Å². The van der Waals surface area contributed by atoms with Crippen LogP contribution in [0.5, 0.6) is 0 Å². The second-order valence-corrected chi connectivity index (χ2v) is 6.00. The minimum atomic E-state index is -0.0476. The van der Waals surface area contributed by atoms with Crippen molar-refractivity contribution in [1.82, 2.24) is 15.1 Å². The third-order valence-electron chi connectivity index (χ3n) is 3.71. The van der Waals surface area contributed by atoms with Gasteiger partial charge in [-0.05, 0) is 48.7 Å². The van der Waals surface area contributed by atoms with E-state index in [1.807, 2.05) is 6.92 Å². The van der Waals surface area contributed by atoms with Crippen molar-refractivity contribution in [2.24, 2.45) is 0 Å². The van der Waals surface area contributed by atoms with E-state index in [9.17, 15) is 4.79 Å². The van der Waals surface area contributed by atoms with Crippen LogP contribution in [0.1, 0.15) is 33.1 Å². The quantitative estimate of drug-likeness (QED) is 0.888. The van der Waals surface area contributed by atoms with Gasteiger partial charge in [0.15, 0.2) is 0 Å². The van der Waals surface area contributed by atoms with Gasteiger partial charge in [0, 0.05) is 25.7 Å². The van der Waals surface area contributed by atoms with Crippen LogP contribution in [-0.4, -0.2) is 35.5 Å². The highest BCUT2D eigenvalue weighted by Gasteiger charge is 2.22. The Morgan fingerprint density at radius 1 is 1.50 bits per heavy atom. The number of hydrogen-bond donors (Lipinski definition) is 1. The van der Waals surface area contributed by atoms with E-state index in [4.69, 9.17) is 0 Å².